The molecule has 94 valence electrons. The Balaban J connectivity index is 2.20. The number of alkyl halides is 1. The molecular weight excluding hydrogens is 317 g/mol. The van der Waals surface area contributed by atoms with E-state index in [-0.39, 0.29) is 5.97 Å². The van der Waals surface area contributed by atoms with Gasteiger partial charge in [-0.2, -0.15) is 0 Å². The van der Waals surface area contributed by atoms with Crippen molar-refractivity contribution in [3.8, 4) is 0 Å². The molecule has 0 amide bonds. The number of carbonyl (C=O) groups excluding carboxylic acids is 1. The number of halogens is 1. The van der Waals surface area contributed by atoms with E-state index < -0.39 is 21.6 Å². The summed E-state index contributed by atoms with van der Waals surface area (Å²) in [5.74, 6) is -0.0159. The van der Waals surface area contributed by atoms with Gasteiger partial charge >= 0.3 is 109 Å². The molecule has 0 atom stereocenters. The standard InChI is InChI=1S/C12H21INO2/c15-12-9-7-5-3-1-2-4-6-8-10-14-11-13-16-12/h1,3,14H,2,4-11H2/q-1/b3-1-. The number of hydrogen-bond acceptors (Lipinski definition) is 3. The second-order valence-electron chi connectivity index (χ2n) is 3.90. The minimum absolute atomic E-state index is 0.0159. The molecule has 0 radical (unpaired) electrons. The zero-order chi connectivity index (χ0) is 11.5. The van der Waals surface area contributed by atoms with Crippen molar-refractivity contribution >= 4 is 5.97 Å². The van der Waals surface area contributed by atoms with Crippen molar-refractivity contribution in [2.24, 2.45) is 0 Å². The van der Waals surface area contributed by atoms with Crippen molar-refractivity contribution in [2.75, 3.05) is 11.1 Å². The summed E-state index contributed by atoms with van der Waals surface area (Å²) < 4.78 is 6.09. The Morgan fingerprint density at radius 1 is 1.12 bits per heavy atom. The number of hydrogen-bond donors (Lipinski definition) is 1. The Labute approximate surface area is 109 Å². The molecule has 1 aliphatic rings. The zero-order valence-corrected chi connectivity index (χ0v) is 11.9. The average molecular weight is 338 g/mol. The van der Waals surface area contributed by atoms with Crippen LogP contribution >= 0.6 is 0 Å². The molecule has 3 nitrogen and oxygen atoms in total. The summed E-state index contributed by atoms with van der Waals surface area (Å²) in [7, 11) is 0. The molecule has 0 aromatic rings. The molecular formula is C12H21INO2-. The molecule has 1 rings (SSSR count). The molecule has 0 aliphatic carbocycles. The molecule has 0 saturated carbocycles. The molecule has 0 saturated heterocycles. The second-order valence-corrected chi connectivity index (χ2v) is 5.73. The minimum atomic E-state index is -0.423. The van der Waals surface area contributed by atoms with Gasteiger partial charge in [-0.25, -0.2) is 0 Å². The Morgan fingerprint density at radius 2 is 1.94 bits per heavy atom. The maximum atomic E-state index is 11.3. The summed E-state index contributed by atoms with van der Waals surface area (Å²) in [5, 5.41) is 3.33. The third kappa shape index (κ3) is 8.10. The predicted molar refractivity (Wildman–Crippen MR) is 60.4 cm³/mol. The van der Waals surface area contributed by atoms with E-state index in [0.717, 1.165) is 23.9 Å². The monoisotopic (exact) mass is 338 g/mol. The Kier molecular flexibility index (Phi) is 8.80. The topological polar surface area (TPSA) is 38.3 Å². The van der Waals surface area contributed by atoms with Crippen molar-refractivity contribution in [3.63, 3.8) is 0 Å². The van der Waals surface area contributed by atoms with Gasteiger partial charge in [0.15, 0.2) is 0 Å². The van der Waals surface area contributed by atoms with Crippen molar-refractivity contribution < 1.29 is 29.5 Å². The fraction of sp³-hybridized carbons (Fsp3) is 0.750. The zero-order valence-electron chi connectivity index (χ0n) is 9.71. The van der Waals surface area contributed by atoms with Crippen molar-refractivity contribution in [3.05, 3.63) is 12.2 Å². The van der Waals surface area contributed by atoms with E-state index in [1.807, 2.05) is 0 Å². The second kappa shape index (κ2) is 10.1. The molecule has 0 aromatic heterocycles. The van der Waals surface area contributed by atoms with Gasteiger partial charge in [0.1, 0.15) is 0 Å². The first kappa shape index (κ1) is 14.0. The van der Waals surface area contributed by atoms with Crippen LogP contribution in [0.1, 0.15) is 44.9 Å². The molecule has 0 fully saturated rings. The third-order valence-electron chi connectivity index (χ3n) is 2.43. The van der Waals surface area contributed by atoms with Crippen LogP contribution in [0.3, 0.4) is 0 Å². The van der Waals surface area contributed by atoms with Crippen LogP contribution in [0.5, 0.6) is 0 Å². The van der Waals surface area contributed by atoms with Gasteiger partial charge in [0.25, 0.3) is 0 Å². The van der Waals surface area contributed by atoms with E-state index in [9.17, 15) is 4.79 Å². The molecule has 1 aliphatic heterocycles. The summed E-state index contributed by atoms with van der Waals surface area (Å²) >= 11 is -0.423. The van der Waals surface area contributed by atoms with E-state index in [2.05, 4.69) is 17.5 Å². The first-order chi connectivity index (χ1) is 7.89. The SMILES string of the molecule is O=C1CCC/C=C\CCCCCNC[I-]O1. The van der Waals surface area contributed by atoms with E-state index in [1.54, 1.807) is 0 Å². The van der Waals surface area contributed by atoms with E-state index in [1.165, 1.54) is 25.7 Å². The number of carbonyl (C=O) groups is 1. The van der Waals surface area contributed by atoms with Crippen LogP contribution < -0.4 is 26.9 Å². The first-order valence-corrected chi connectivity index (χ1v) is 8.45. The van der Waals surface area contributed by atoms with E-state index in [0.29, 0.717) is 6.42 Å². The van der Waals surface area contributed by atoms with Crippen LogP contribution in [-0.2, 0) is 7.86 Å². The van der Waals surface area contributed by atoms with Gasteiger partial charge < -0.3 is 0 Å². The van der Waals surface area contributed by atoms with E-state index in [4.69, 9.17) is 3.07 Å². The number of rotatable bonds is 0. The molecule has 1 heterocycles. The predicted octanol–water partition coefficient (Wildman–Crippen LogP) is -0.619. The molecule has 4 heteroatoms. The fourth-order valence-corrected chi connectivity index (χ4v) is 2.85. The van der Waals surface area contributed by atoms with Crippen molar-refractivity contribution in [1.29, 1.82) is 0 Å². The summed E-state index contributed by atoms with van der Waals surface area (Å²) in [6, 6.07) is 0. The summed E-state index contributed by atoms with van der Waals surface area (Å²) in [4.78, 5) is 11.3. The van der Waals surface area contributed by atoms with Crippen molar-refractivity contribution in [2.45, 2.75) is 44.9 Å². The van der Waals surface area contributed by atoms with Gasteiger partial charge in [0, 0.05) is 0 Å². The van der Waals surface area contributed by atoms with Crippen LogP contribution in [0.2, 0.25) is 0 Å². The Hall–Kier alpha value is -0.100. The summed E-state index contributed by atoms with van der Waals surface area (Å²) in [6.45, 7) is 1.06. The van der Waals surface area contributed by atoms with Crippen LogP contribution in [0.4, 0.5) is 0 Å². The number of allylic oxidation sites excluding steroid dienone is 2. The van der Waals surface area contributed by atoms with E-state index >= 15 is 0 Å². The van der Waals surface area contributed by atoms with Gasteiger partial charge in [-0.3, -0.25) is 0 Å². The van der Waals surface area contributed by atoms with Crippen LogP contribution in [-0.4, -0.2) is 17.1 Å². The van der Waals surface area contributed by atoms with Gasteiger partial charge in [-0.05, 0) is 0 Å². The Morgan fingerprint density at radius 3 is 2.81 bits per heavy atom. The normalized spacial score (nSPS) is 24.4. The first-order valence-electron chi connectivity index (χ1n) is 6.04. The van der Waals surface area contributed by atoms with Gasteiger partial charge in [-0.1, -0.05) is 0 Å². The van der Waals surface area contributed by atoms with Gasteiger partial charge in [0.2, 0.25) is 0 Å². The molecule has 0 bridgehead atoms. The average Bonchev–Trinajstić information content (AvgIpc) is 2.29. The third-order valence-corrected chi connectivity index (χ3v) is 4.09. The quantitative estimate of drug-likeness (QED) is 0.277. The molecule has 16 heavy (non-hydrogen) atoms. The Bertz CT molecular complexity index is 219. The van der Waals surface area contributed by atoms with Gasteiger partial charge in [0.05, 0.1) is 0 Å². The number of nitrogens with one attached hydrogen (secondary N) is 1. The van der Waals surface area contributed by atoms with Crippen molar-refractivity contribution in [1.82, 2.24) is 5.32 Å². The van der Waals surface area contributed by atoms with Crippen LogP contribution in [0.25, 0.3) is 0 Å². The molecule has 0 unspecified atom stereocenters. The van der Waals surface area contributed by atoms with Crippen LogP contribution in [0, 0.1) is 0 Å². The fourth-order valence-electron chi connectivity index (χ4n) is 1.52. The maximum absolute atomic E-state index is 11.3. The molecule has 1 N–H and O–H groups in total. The summed E-state index contributed by atoms with van der Waals surface area (Å²) in [5.41, 5.74) is 0. The molecule has 0 spiro atoms. The van der Waals surface area contributed by atoms with Gasteiger partial charge in [-0.15, -0.1) is 0 Å². The van der Waals surface area contributed by atoms with Crippen LogP contribution in [0.15, 0.2) is 12.2 Å². The molecule has 0 aromatic carbocycles. The summed E-state index contributed by atoms with van der Waals surface area (Å²) in [6.07, 6.45) is 11.9.